The van der Waals surface area contributed by atoms with E-state index in [1.165, 1.54) is 11.1 Å². The molecule has 0 radical (unpaired) electrons. The molecule has 5 nitrogen and oxygen atoms in total. The summed E-state index contributed by atoms with van der Waals surface area (Å²) in [6, 6.07) is 19.0. The number of benzene rings is 2. The van der Waals surface area contributed by atoms with Crippen molar-refractivity contribution in [2.75, 3.05) is 0 Å². The second-order valence-electron chi connectivity index (χ2n) is 6.81. The summed E-state index contributed by atoms with van der Waals surface area (Å²) < 4.78 is 8.15. The number of nitrogens with one attached hydrogen (secondary N) is 1. The highest BCUT2D eigenvalue weighted by Gasteiger charge is 2.20. The molecule has 26 heavy (non-hydrogen) atoms. The van der Waals surface area contributed by atoms with E-state index >= 15 is 0 Å². The Bertz CT molecular complexity index is 859. The first kappa shape index (κ1) is 16.8. The Morgan fingerprint density at radius 2 is 1.92 bits per heavy atom. The van der Waals surface area contributed by atoms with Crippen molar-refractivity contribution < 1.29 is 4.74 Å². The van der Waals surface area contributed by atoms with E-state index in [0.717, 1.165) is 43.3 Å². The summed E-state index contributed by atoms with van der Waals surface area (Å²) in [5, 5.41) is 12.1. The van der Waals surface area contributed by atoms with Crippen molar-refractivity contribution >= 4 is 0 Å². The molecule has 3 aromatic rings. The summed E-state index contributed by atoms with van der Waals surface area (Å²) >= 11 is 0. The van der Waals surface area contributed by atoms with E-state index in [-0.39, 0.29) is 0 Å². The molecular weight excluding hydrogens is 324 g/mol. The van der Waals surface area contributed by atoms with Gasteiger partial charge in [-0.05, 0) is 36.6 Å². The Kier molecular flexibility index (Phi) is 4.97. The van der Waals surface area contributed by atoms with Gasteiger partial charge in [0, 0.05) is 25.6 Å². The van der Waals surface area contributed by atoms with Crippen LogP contribution in [0.25, 0.3) is 0 Å². The van der Waals surface area contributed by atoms with Crippen LogP contribution in [0.5, 0.6) is 5.75 Å². The number of aryl methyl sites for hydroxylation is 2. The van der Waals surface area contributed by atoms with Crippen molar-refractivity contribution in [2.24, 2.45) is 0 Å². The fourth-order valence-electron chi connectivity index (χ4n) is 3.38. The molecule has 134 valence electrons. The van der Waals surface area contributed by atoms with E-state index in [4.69, 9.17) is 4.74 Å². The van der Waals surface area contributed by atoms with Crippen LogP contribution in [0.1, 0.15) is 29.2 Å². The summed E-state index contributed by atoms with van der Waals surface area (Å²) in [5.41, 5.74) is 2.42. The minimum Gasteiger partial charge on any atom is -0.489 e. The standard InChI is InChI=1S/C21H24N4O/c1-16-23-24-21-11-10-19(14-25(16)21)22-13-18-8-5-9-20(12-18)26-15-17-6-3-2-4-7-17/h2-9,12,19,22H,10-11,13-15H2,1H3/t19-/m1/s1. The van der Waals surface area contributed by atoms with E-state index in [2.05, 4.69) is 50.4 Å². The molecule has 0 spiro atoms. The average Bonchev–Trinajstić information content (AvgIpc) is 3.06. The first-order valence-corrected chi connectivity index (χ1v) is 9.15. The molecule has 0 bridgehead atoms. The highest BCUT2D eigenvalue weighted by atomic mass is 16.5. The molecule has 0 saturated heterocycles. The number of aromatic nitrogens is 3. The van der Waals surface area contributed by atoms with Crippen LogP contribution in [0.3, 0.4) is 0 Å². The number of fused-ring (bicyclic) bond motifs is 1. The van der Waals surface area contributed by atoms with Gasteiger partial charge in [-0.2, -0.15) is 0 Å². The van der Waals surface area contributed by atoms with E-state index in [1.807, 2.05) is 31.2 Å². The zero-order valence-electron chi connectivity index (χ0n) is 15.1. The van der Waals surface area contributed by atoms with Crippen LogP contribution < -0.4 is 10.1 Å². The molecule has 1 N–H and O–H groups in total. The molecule has 2 heterocycles. The molecule has 0 saturated carbocycles. The van der Waals surface area contributed by atoms with E-state index in [1.54, 1.807) is 0 Å². The summed E-state index contributed by atoms with van der Waals surface area (Å²) in [6.45, 7) is 4.39. The zero-order valence-corrected chi connectivity index (χ0v) is 15.1. The molecule has 1 aliphatic rings. The van der Waals surface area contributed by atoms with Crippen molar-refractivity contribution in [1.29, 1.82) is 0 Å². The van der Waals surface area contributed by atoms with Crippen LogP contribution in [0.2, 0.25) is 0 Å². The van der Waals surface area contributed by atoms with Crippen LogP contribution in [0, 0.1) is 6.92 Å². The fraction of sp³-hybridized carbons (Fsp3) is 0.333. The van der Waals surface area contributed by atoms with Gasteiger partial charge in [-0.3, -0.25) is 0 Å². The lowest BCUT2D eigenvalue weighted by atomic mass is 10.1. The molecule has 1 aromatic heterocycles. The monoisotopic (exact) mass is 348 g/mol. The molecule has 5 heteroatoms. The first-order chi connectivity index (χ1) is 12.8. The van der Waals surface area contributed by atoms with Gasteiger partial charge in [0.15, 0.2) is 0 Å². The normalized spacial score (nSPS) is 16.3. The van der Waals surface area contributed by atoms with Crippen molar-refractivity contribution in [3.8, 4) is 5.75 Å². The molecule has 0 unspecified atom stereocenters. The SMILES string of the molecule is Cc1nnc2n1C[C@H](NCc1cccc(OCc3ccccc3)c1)CC2. The van der Waals surface area contributed by atoms with Gasteiger partial charge in [-0.25, -0.2) is 0 Å². The van der Waals surface area contributed by atoms with E-state index in [0.29, 0.717) is 12.6 Å². The number of hydrogen-bond acceptors (Lipinski definition) is 4. The quantitative estimate of drug-likeness (QED) is 0.743. The number of ether oxygens (including phenoxy) is 1. The molecular formula is C21H24N4O. The van der Waals surface area contributed by atoms with Gasteiger partial charge in [0.2, 0.25) is 0 Å². The predicted octanol–water partition coefficient (Wildman–Crippen LogP) is 3.27. The molecule has 1 atom stereocenters. The average molecular weight is 348 g/mol. The lowest BCUT2D eigenvalue weighted by Gasteiger charge is -2.25. The van der Waals surface area contributed by atoms with Gasteiger partial charge < -0.3 is 14.6 Å². The van der Waals surface area contributed by atoms with E-state index < -0.39 is 0 Å². The Morgan fingerprint density at radius 3 is 2.81 bits per heavy atom. The van der Waals surface area contributed by atoms with Gasteiger partial charge in [-0.15, -0.1) is 10.2 Å². The third kappa shape index (κ3) is 3.94. The number of hydrogen-bond donors (Lipinski definition) is 1. The Labute approximate surface area is 154 Å². The van der Waals surface area contributed by atoms with Crippen molar-refractivity contribution in [2.45, 2.75) is 45.5 Å². The highest BCUT2D eigenvalue weighted by Crippen LogP contribution is 2.17. The molecule has 4 rings (SSSR count). The van der Waals surface area contributed by atoms with Crippen LogP contribution >= 0.6 is 0 Å². The first-order valence-electron chi connectivity index (χ1n) is 9.15. The van der Waals surface area contributed by atoms with Crippen molar-refractivity contribution in [3.63, 3.8) is 0 Å². The lowest BCUT2D eigenvalue weighted by Crippen LogP contribution is -2.37. The van der Waals surface area contributed by atoms with Gasteiger partial charge in [0.1, 0.15) is 24.0 Å². The second-order valence-corrected chi connectivity index (χ2v) is 6.81. The fourth-order valence-corrected chi connectivity index (χ4v) is 3.38. The smallest absolute Gasteiger partial charge is 0.133 e. The Balaban J connectivity index is 1.32. The third-order valence-corrected chi connectivity index (χ3v) is 4.87. The molecule has 2 aromatic carbocycles. The lowest BCUT2D eigenvalue weighted by molar-refractivity contribution is 0.305. The maximum absolute atomic E-state index is 5.93. The van der Waals surface area contributed by atoms with Crippen LogP contribution in [0.15, 0.2) is 54.6 Å². The van der Waals surface area contributed by atoms with Crippen molar-refractivity contribution in [1.82, 2.24) is 20.1 Å². The van der Waals surface area contributed by atoms with Gasteiger partial charge >= 0.3 is 0 Å². The van der Waals surface area contributed by atoms with Gasteiger partial charge in [0.25, 0.3) is 0 Å². The summed E-state index contributed by atoms with van der Waals surface area (Å²) in [5.74, 6) is 3.02. The third-order valence-electron chi connectivity index (χ3n) is 4.87. The number of nitrogens with zero attached hydrogens (tertiary/aromatic N) is 3. The zero-order chi connectivity index (χ0) is 17.8. The largest absolute Gasteiger partial charge is 0.489 e. The maximum atomic E-state index is 5.93. The van der Waals surface area contributed by atoms with Gasteiger partial charge in [-0.1, -0.05) is 42.5 Å². The van der Waals surface area contributed by atoms with E-state index in [9.17, 15) is 0 Å². The molecule has 1 aliphatic heterocycles. The van der Waals surface area contributed by atoms with Gasteiger partial charge in [0.05, 0.1) is 0 Å². The summed E-state index contributed by atoms with van der Waals surface area (Å²) in [4.78, 5) is 0. The van der Waals surface area contributed by atoms with Crippen LogP contribution in [-0.4, -0.2) is 20.8 Å². The Hall–Kier alpha value is -2.66. The maximum Gasteiger partial charge on any atom is 0.133 e. The van der Waals surface area contributed by atoms with Crippen LogP contribution in [0.4, 0.5) is 0 Å². The minimum absolute atomic E-state index is 0.450. The summed E-state index contributed by atoms with van der Waals surface area (Å²) in [7, 11) is 0. The highest BCUT2D eigenvalue weighted by molar-refractivity contribution is 5.29. The number of rotatable bonds is 6. The second kappa shape index (κ2) is 7.70. The van der Waals surface area contributed by atoms with Crippen molar-refractivity contribution in [3.05, 3.63) is 77.4 Å². The summed E-state index contributed by atoms with van der Waals surface area (Å²) in [6.07, 6.45) is 2.08. The molecule has 0 amide bonds. The molecule has 0 fully saturated rings. The Morgan fingerprint density at radius 1 is 1.08 bits per heavy atom. The predicted molar refractivity (Wildman–Crippen MR) is 101 cm³/mol. The minimum atomic E-state index is 0.450. The molecule has 0 aliphatic carbocycles. The van der Waals surface area contributed by atoms with Crippen LogP contribution in [-0.2, 0) is 26.1 Å². The topological polar surface area (TPSA) is 52.0 Å².